The summed E-state index contributed by atoms with van der Waals surface area (Å²) < 4.78 is 0. The van der Waals surface area contributed by atoms with Crippen molar-refractivity contribution >= 4 is 17.5 Å². The van der Waals surface area contributed by atoms with Crippen LogP contribution in [-0.2, 0) is 17.8 Å². The van der Waals surface area contributed by atoms with Crippen LogP contribution in [0.3, 0.4) is 0 Å². The maximum absolute atomic E-state index is 12.5. The van der Waals surface area contributed by atoms with Gasteiger partial charge in [-0.3, -0.25) is 9.59 Å². The lowest BCUT2D eigenvalue weighted by molar-refractivity contribution is -0.128. The summed E-state index contributed by atoms with van der Waals surface area (Å²) in [5, 5.41) is 2.95. The third-order valence-electron chi connectivity index (χ3n) is 4.76. The third kappa shape index (κ3) is 4.72. The molecule has 4 heteroatoms. The van der Waals surface area contributed by atoms with E-state index in [-0.39, 0.29) is 11.8 Å². The molecule has 0 saturated carbocycles. The fraction of sp³-hybridized carbons (Fsp3) is 0.364. The molecule has 1 N–H and O–H groups in total. The van der Waals surface area contributed by atoms with Gasteiger partial charge in [-0.1, -0.05) is 37.6 Å². The summed E-state index contributed by atoms with van der Waals surface area (Å²) in [7, 11) is 0. The number of carbonyl (C=O) groups excluding carboxylic acids is 2. The number of hydrogen-bond donors (Lipinski definition) is 1. The van der Waals surface area contributed by atoms with Gasteiger partial charge in [0.05, 0.1) is 0 Å². The van der Waals surface area contributed by atoms with E-state index in [1.165, 1.54) is 18.4 Å². The largest absolute Gasteiger partial charge is 0.338 e. The van der Waals surface area contributed by atoms with Crippen molar-refractivity contribution in [2.24, 2.45) is 0 Å². The average Bonchev–Trinajstić information content (AvgIpc) is 3.06. The van der Waals surface area contributed by atoms with Crippen LogP contribution in [0, 0.1) is 0 Å². The summed E-state index contributed by atoms with van der Waals surface area (Å²) in [5.41, 5.74) is 3.70. The molecule has 0 atom stereocenters. The summed E-state index contributed by atoms with van der Waals surface area (Å²) in [6.45, 7) is 3.56. The Morgan fingerprint density at radius 1 is 1.12 bits per heavy atom. The molecule has 0 aliphatic carbocycles. The molecule has 1 aliphatic heterocycles. The minimum Gasteiger partial charge on any atom is -0.338 e. The zero-order valence-electron chi connectivity index (χ0n) is 15.3. The van der Waals surface area contributed by atoms with Gasteiger partial charge >= 0.3 is 0 Å². The first-order chi connectivity index (χ1) is 12.7. The molecule has 0 unspecified atom stereocenters. The molecule has 1 fully saturated rings. The molecule has 2 aromatic carbocycles. The maximum atomic E-state index is 12.5. The van der Waals surface area contributed by atoms with E-state index in [1.54, 1.807) is 6.07 Å². The predicted molar refractivity (Wildman–Crippen MR) is 104 cm³/mol. The lowest BCUT2D eigenvalue weighted by Crippen LogP contribution is -2.24. The van der Waals surface area contributed by atoms with Gasteiger partial charge in [-0.15, -0.1) is 0 Å². The zero-order valence-corrected chi connectivity index (χ0v) is 15.3. The van der Waals surface area contributed by atoms with Gasteiger partial charge in [0.15, 0.2) is 0 Å². The van der Waals surface area contributed by atoms with Crippen LogP contribution < -0.4 is 5.32 Å². The lowest BCUT2D eigenvalue weighted by Gasteiger charge is -2.16. The number of nitrogens with zero attached hydrogens (tertiary/aromatic N) is 1. The number of rotatable bonds is 7. The molecule has 1 heterocycles. The molecule has 0 radical (unpaired) electrons. The van der Waals surface area contributed by atoms with E-state index in [0.717, 1.165) is 30.6 Å². The van der Waals surface area contributed by atoms with Crippen LogP contribution >= 0.6 is 0 Å². The number of likely N-dealkylation sites (tertiary alicyclic amines) is 1. The maximum Gasteiger partial charge on any atom is 0.255 e. The number of hydrogen-bond acceptors (Lipinski definition) is 2. The van der Waals surface area contributed by atoms with Gasteiger partial charge in [-0.05, 0) is 54.7 Å². The predicted octanol–water partition coefficient (Wildman–Crippen LogP) is 4.40. The molecule has 1 saturated heterocycles. The number of nitrogens with one attached hydrogen (secondary N) is 1. The van der Waals surface area contributed by atoms with Crippen LogP contribution in [-0.4, -0.2) is 23.3 Å². The highest BCUT2D eigenvalue weighted by Gasteiger charge is 2.20. The Balaban J connectivity index is 1.62. The number of benzene rings is 2. The van der Waals surface area contributed by atoms with Gasteiger partial charge in [0.2, 0.25) is 5.91 Å². The average molecular weight is 350 g/mol. The molecule has 4 nitrogen and oxygen atoms in total. The summed E-state index contributed by atoms with van der Waals surface area (Å²) in [4.78, 5) is 26.2. The highest BCUT2D eigenvalue weighted by molar-refractivity contribution is 6.04. The quantitative estimate of drug-likeness (QED) is 0.804. The van der Waals surface area contributed by atoms with Gasteiger partial charge in [-0.25, -0.2) is 0 Å². The van der Waals surface area contributed by atoms with Crippen LogP contribution in [0.1, 0.15) is 54.1 Å². The van der Waals surface area contributed by atoms with Gasteiger partial charge in [0, 0.05) is 30.8 Å². The number of carbonyl (C=O) groups is 2. The van der Waals surface area contributed by atoms with Crippen molar-refractivity contribution in [3.63, 3.8) is 0 Å². The molecular weight excluding hydrogens is 324 g/mol. The van der Waals surface area contributed by atoms with Crippen LogP contribution in [0.5, 0.6) is 0 Å². The molecule has 0 bridgehead atoms. The summed E-state index contributed by atoms with van der Waals surface area (Å²) in [6.07, 6.45) is 4.99. The zero-order chi connectivity index (χ0) is 18.4. The van der Waals surface area contributed by atoms with Gasteiger partial charge in [0.1, 0.15) is 0 Å². The van der Waals surface area contributed by atoms with Crippen molar-refractivity contribution in [3.05, 3.63) is 65.2 Å². The smallest absolute Gasteiger partial charge is 0.255 e. The van der Waals surface area contributed by atoms with E-state index in [4.69, 9.17) is 0 Å². The topological polar surface area (TPSA) is 49.4 Å². The Bertz CT molecular complexity index is 768. The normalized spacial score (nSPS) is 13.9. The number of unbranched alkanes of at least 4 members (excludes halogenated alkanes) is 1. The SMILES string of the molecule is CCCCc1ccc(NC(=O)c2cccc(CN3CCCC3=O)c2)cc1. The lowest BCUT2D eigenvalue weighted by atomic mass is 10.1. The second-order valence-electron chi connectivity index (χ2n) is 6.87. The van der Waals surface area contributed by atoms with E-state index in [1.807, 2.05) is 35.2 Å². The van der Waals surface area contributed by atoms with Crippen LogP contribution in [0.25, 0.3) is 0 Å². The second kappa shape index (κ2) is 8.65. The fourth-order valence-electron chi connectivity index (χ4n) is 3.24. The Morgan fingerprint density at radius 2 is 1.92 bits per heavy atom. The molecule has 2 aromatic rings. The highest BCUT2D eigenvalue weighted by atomic mass is 16.2. The van der Waals surface area contributed by atoms with Crippen molar-refractivity contribution in [3.8, 4) is 0 Å². The van der Waals surface area contributed by atoms with E-state index in [2.05, 4.69) is 24.4 Å². The van der Waals surface area contributed by atoms with Crippen molar-refractivity contribution in [2.45, 2.75) is 45.6 Å². The van der Waals surface area contributed by atoms with Crippen molar-refractivity contribution in [1.29, 1.82) is 0 Å². The third-order valence-corrected chi connectivity index (χ3v) is 4.76. The van der Waals surface area contributed by atoms with Crippen molar-refractivity contribution in [2.75, 3.05) is 11.9 Å². The first kappa shape index (κ1) is 18.2. The molecule has 2 amide bonds. The monoisotopic (exact) mass is 350 g/mol. The number of aryl methyl sites for hydroxylation is 1. The Hall–Kier alpha value is -2.62. The molecule has 136 valence electrons. The van der Waals surface area contributed by atoms with Crippen molar-refractivity contribution < 1.29 is 9.59 Å². The summed E-state index contributed by atoms with van der Waals surface area (Å²) >= 11 is 0. The van der Waals surface area contributed by atoms with Crippen LogP contribution in [0.4, 0.5) is 5.69 Å². The van der Waals surface area contributed by atoms with Gasteiger partial charge < -0.3 is 10.2 Å². The standard InChI is InChI=1S/C22H26N2O2/c1-2-3-6-17-10-12-20(13-11-17)23-22(26)19-8-4-7-18(15-19)16-24-14-5-9-21(24)25/h4,7-8,10-13,15H,2-3,5-6,9,14,16H2,1H3,(H,23,26). The number of anilines is 1. The minimum atomic E-state index is -0.124. The van der Waals surface area contributed by atoms with Crippen LogP contribution in [0.15, 0.2) is 48.5 Å². The molecule has 26 heavy (non-hydrogen) atoms. The first-order valence-electron chi connectivity index (χ1n) is 9.42. The highest BCUT2D eigenvalue weighted by Crippen LogP contribution is 2.17. The second-order valence-corrected chi connectivity index (χ2v) is 6.87. The van der Waals surface area contributed by atoms with E-state index >= 15 is 0 Å². The van der Waals surface area contributed by atoms with Crippen molar-refractivity contribution in [1.82, 2.24) is 4.90 Å². The van der Waals surface area contributed by atoms with E-state index < -0.39 is 0 Å². The van der Waals surface area contributed by atoms with Gasteiger partial charge in [0.25, 0.3) is 5.91 Å². The summed E-state index contributed by atoms with van der Waals surface area (Å²) in [6, 6.07) is 15.6. The fourth-order valence-corrected chi connectivity index (χ4v) is 3.24. The molecule has 3 rings (SSSR count). The first-order valence-corrected chi connectivity index (χ1v) is 9.42. The molecule has 1 aliphatic rings. The molecule has 0 spiro atoms. The Morgan fingerprint density at radius 3 is 2.62 bits per heavy atom. The summed E-state index contributed by atoms with van der Waals surface area (Å²) in [5.74, 6) is 0.0731. The Kier molecular flexibility index (Phi) is 6.05. The molecular formula is C22H26N2O2. The van der Waals surface area contributed by atoms with Gasteiger partial charge in [-0.2, -0.15) is 0 Å². The van der Waals surface area contributed by atoms with E-state index in [9.17, 15) is 9.59 Å². The van der Waals surface area contributed by atoms with E-state index in [0.29, 0.717) is 18.5 Å². The number of amides is 2. The molecule has 0 aromatic heterocycles. The Labute approximate surface area is 155 Å². The van der Waals surface area contributed by atoms with Crippen LogP contribution in [0.2, 0.25) is 0 Å². The minimum absolute atomic E-state index is 0.124.